The van der Waals surface area contributed by atoms with E-state index in [0.29, 0.717) is 18.2 Å². The number of carbonyl (C=O) groups is 2. The van der Waals surface area contributed by atoms with Crippen LogP contribution < -0.4 is 15.4 Å². The number of amides is 2. The zero-order chi connectivity index (χ0) is 20.9. The SMILES string of the molecule is CCC(=O)Nc1nc(C)cc(C(=O)NC(C)c2cccc(OC(C)(F)F)c2)n1. The van der Waals surface area contributed by atoms with Crippen LogP contribution in [0.4, 0.5) is 14.7 Å². The van der Waals surface area contributed by atoms with E-state index in [1.807, 2.05) is 0 Å². The molecule has 0 aliphatic carbocycles. The maximum Gasteiger partial charge on any atom is 0.394 e. The maximum absolute atomic E-state index is 13.0. The summed E-state index contributed by atoms with van der Waals surface area (Å²) in [7, 11) is 0. The van der Waals surface area contributed by atoms with E-state index >= 15 is 0 Å². The molecule has 1 aromatic carbocycles. The molecule has 7 nitrogen and oxygen atoms in total. The number of alkyl halides is 2. The van der Waals surface area contributed by atoms with Crippen LogP contribution in [0.5, 0.6) is 5.75 Å². The summed E-state index contributed by atoms with van der Waals surface area (Å²) in [5, 5.41) is 5.25. The summed E-state index contributed by atoms with van der Waals surface area (Å²) in [6, 6.07) is 7.08. The third-order valence-corrected chi connectivity index (χ3v) is 3.66. The zero-order valence-electron chi connectivity index (χ0n) is 16.0. The Labute approximate surface area is 161 Å². The predicted molar refractivity (Wildman–Crippen MR) is 99.3 cm³/mol. The first-order valence-electron chi connectivity index (χ1n) is 8.70. The summed E-state index contributed by atoms with van der Waals surface area (Å²) in [6.07, 6.45) is -3.05. The second-order valence-corrected chi connectivity index (χ2v) is 6.30. The molecule has 9 heteroatoms. The van der Waals surface area contributed by atoms with Crippen molar-refractivity contribution in [2.24, 2.45) is 0 Å². The molecule has 1 aromatic heterocycles. The third-order valence-electron chi connectivity index (χ3n) is 3.66. The highest BCUT2D eigenvalue weighted by Crippen LogP contribution is 2.24. The van der Waals surface area contributed by atoms with Crippen molar-refractivity contribution in [2.75, 3.05) is 5.32 Å². The number of benzene rings is 1. The average molecular weight is 392 g/mol. The Morgan fingerprint density at radius 1 is 1.25 bits per heavy atom. The van der Waals surface area contributed by atoms with E-state index in [-0.39, 0.29) is 29.7 Å². The first-order valence-corrected chi connectivity index (χ1v) is 8.70. The van der Waals surface area contributed by atoms with Crippen LogP contribution in [0.25, 0.3) is 0 Å². The minimum atomic E-state index is -3.30. The van der Waals surface area contributed by atoms with Gasteiger partial charge in [-0.2, -0.15) is 8.78 Å². The minimum Gasteiger partial charge on any atom is -0.433 e. The quantitative estimate of drug-likeness (QED) is 0.751. The summed E-state index contributed by atoms with van der Waals surface area (Å²) in [4.78, 5) is 32.2. The molecule has 0 radical (unpaired) electrons. The lowest BCUT2D eigenvalue weighted by Crippen LogP contribution is -2.28. The highest BCUT2D eigenvalue weighted by Gasteiger charge is 2.23. The van der Waals surface area contributed by atoms with Gasteiger partial charge in [0, 0.05) is 19.0 Å². The number of aromatic nitrogens is 2. The summed E-state index contributed by atoms with van der Waals surface area (Å²) in [5.41, 5.74) is 1.18. The molecule has 2 aromatic rings. The minimum absolute atomic E-state index is 0.00598. The Morgan fingerprint density at radius 2 is 1.96 bits per heavy atom. The number of carbonyl (C=O) groups excluding carboxylic acids is 2. The molecule has 28 heavy (non-hydrogen) atoms. The van der Waals surface area contributed by atoms with Crippen LogP contribution >= 0.6 is 0 Å². The van der Waals surface area contributed by atoms with Crippen LogP contribution in [-0.2, 0) is 4.79 Å². The number of hydrogen-bond donors (Lipinski definition) is 2. The van der Waals surface area contributed by atoms with Gasteiger partial charge in [0.1, 0.15) is 11.4 Å². The van der Waals surface area contributed by atoms with Gasteiger partial charge < -0.3 is 10.1 Å². The van der Waals surface area contributed by atoms with E-state index in [2.05, 4.69) is 25.3 Å². The lowest BCUT2D eigenvalue weighted by molar-refractivity contribution is -0.159. The number of anilines is 1. The van der Waals surface area contributed by atoms with Gasteiger partial charge in [-0.05, 0) is 37.6 Å². The monoisotopic (exact) mass is 392 g/mol. The molecule has 1 heterocycles. The molecule has 1 unspecified atom stereocenters. The Morgan fingerprint density at radius 3 is 2.61 bits per heavy atom. The largest absolute Gasteiger partial charge is 0.433 e. The zero-order valence-corrected chi connectivity index (χ0v) is 16.0. The molecular formula is C19H22F2N4O3. The molecule has 0 bridgehead atoms. The average Bonchev–Trinajstić information content (AvgIpc) is 2.59. The molecule has 0 saturated heterocycles. The van der Waals surface area contributed by atoms with Gasteiger partial charge in [-0.25, -0.2) is 9.97 Å². The molecule has 2 N–H and O–H groups in total. The fourth-order valence-electron chi connectivity index (χ4n) is 2.36. The van der Waals surface area contributed by atoms with Crippen LogP contribution in [0.15, 0.2) is 30.3 Å². The van der Waals surface area contributed by atoms with Crippen molar-refractivity contribution in [3.63, 3.8) is 0 Å². The number of ether oxygens (including phenoxy) is 1. The second-order valence-electron chi connectivity index (χ2n) is 6.30. The first-order chi connectivity index (χ1) is 13.1. The molecular weight excluding hydrogens is 370 g/mol. The Hall–Kier alpha value is -3.10. The van der Waals surface area contributed by atoms with E-state index in [4.69, 9.17) is 0 Å². The Bertz CT molecular complexity index is 868. The molecule has 0 aliphatic rings. The summed E-state index contributed by atoms with van der Waals surface area (Å²) < 4.78 is 30.6. The number of nitrogens with zero attached hydrogens (tertiary/aromatic N) is 2. The Balaban J connectivity index is 2.14. The van der Waals surface area contributed by atoms with Crippen molar-refractivity contribution in [1.82, 2.24) is 15.3 Å². The van der Waals surface area contributed by atoms with Gasteiger partial charge in [-0.3, -0.25) is 14.9 Å². The van der Waals surface area contributed by atoms with Crippen LogP contribution in [0.2, 0.25) is 0 Å². The van der Waals surface area contributed by atoms with Crippen LogP contribution in [0.3, 0.4) is 0 Å². The fourth-order valence-corrected chi connectivity index (χ4v) is 2.36. The van der Waals surface area contributed by atoms with Crippen LogP contribution in [0, 0.1) is 6.92 Å². The van der Waals surface area contributed by atoms with E-state index in [1.54, 1.807) is 32.9 Å². The van der Waals surface area contributed by atoms with Crippen molar-refractivity contribution in [2.45, 2.75) is 46.3 Å². The van der Waals surface area contributed by atoms with Crippen molar-refractivity contribution >= 4 is 17.8 Å². The molecule has 2 amide bonds. The predicted octanol–water partition coefficient (Wildman–Crippen LogP) is 3.62. The van der Waals surface area contributed by atoms with E-state index in [1.165, 1.54) is 18.2 Å². The first kappa shape index (κ1) is 21.2. The number of nitrogens with one attached hydrogen (secondary N) is 2. The van der Waals surface area contributed by atoms with Crippen LogP contribution in [0.1, 0.15) is 55.0 Å². The van der Waals surface area contributed by atoms with Crippen molar-refractivity contribution in [3.05, 3.63) is 47.3 Å². The molecule has 1 atom stereocenters. The van der Waals surface area contributed by atoms with Crippen molar-refractivity contribution in [1.29, 1.82) is 0 Å². The van der Waals surface area contributed by atoms with E-state index in [0.717, 1.165) is 0 Å². The highest BCUT2D eigenvalue weighted by molar-refractivity contribution is 5.94. The number of rotatable bonds is 7. The lowest BCUT2D eigenvalue weighted by Gasteiger charge is -2.17. The van der Waals surface area contributed by atoms with Gasteiger partial charge >= 0.3 is 6.11 Å². The summed E-state index contributed by atoms with van der Waals surface area (Å²) in [6.45, 7) is 5.72. The smallest absolute Gasteiger partial charge is 0.394 e. The normalized spacial score (nSPS) is 12.2. The van der Waals surface area contributed by atoms with E-state index < -0.39 is 18.1 Å². The highest BCUT2D eigenvalue weighted by atomic mass is 19.3. The van der Waals surface area contributed by atoms with Gasteiger partial charge in [0.25, 0.3) is 5.91 Å². The van der Waals surface area contributed by atoms with Crippen molar-refractivity contribution in [3.8, 4) is 5.75 Å². The fraction of sp³-hybridized carbons (Fsp3) is 0.368. The number of aryl methyl sites for hydroxylation is 1. The molecule has 150 valence electrons. The topological polar surface area (TPSA) is 93.2 Å². The number of halogens is 2. The standard InChI is InChI=1S/C19H22F2N4O3/c1-5-16(26)25-18-22-11(2)9-15(24-18)17(27)23-12(3)13-7-6-8-14(10-13)28-19(4,20)21/h6-10,12H,5H2,1-4H3,(H,23,27)(H,22,24,25,26). The second kappa shape index (κ2) is 8.73. The van der Waals surface area contributed by atoms with Crippen molar-refractivity contribution < 1.29 is 23.1 Å². The van der Waals surface area contributed by atoms with Gasteiger partial charge in [-0.15, -0.1) is 0 Å². The van der Waals surface area contributed by atoms with Gasteiger partial charge in [0.05, 0.1) is 6.04 Å². The molecule has 0 spiro atoms. The molecule has 0 fully saturated rings. The summed E-state index contributed by atoms with van der Waals surface area (Å²) in [5.74, 6) is -0.717. The Kier molecular flexibility index (Phi) is 6.61. The van der Waals surface area contributed by atoms with E-state index in [9.17, 15) is 18.4 Å². The maximum atomic E-state index is 13.0. The van der Waals surface area contributed by atoms with Gasteiger partial charge in [-0.1, -0.05) is 19.1 Å². The molecule has 0 saturated carbocycles. The molecule has 2 rings (SSSR count). The molecule has 0 aliphatic heterocycles. The number of hydrogen-bond acceptors (Lipinski definition) is 5. The third kappa shape index (κ3) is 6.26. The lowest BCUT2D eigenvalue weighted by atomic mass is 10.1. The summed E-state index contributed by atoms with van der Waals surface area (Å²) >= 11 is 0. The van der Waals surface area contributed by atoms with Crippen LogP contribution in [-0.4, -0.2) is 27.9 Å². The van der Waals surface area contributed by atoms with Gasteiger partial charge in [0.15, 0.2) is 0 Å². The van der Waals surface area contributed by atoms with Gasteiger partial charge in [0.2, 0.25) is 11.9 Å².